The van der Waals surface area contributed by atoms with E-state index in [1.165, 1.54) is 13.2 Å². The zero-order valence-corrected chi connectivity index (χ0v) is 15.3. The Morgan fingerprint density at radius 1 is 1.36 bits per heavy atom. The number of hydrogen-bond acceptors (Lipinski definition) is 6. The lowest BCUT2D eigenvalue weighted by Crippen LogP contribution is -2.35. The van der Waals surface area contributed by atoms with Crippen molar-refractivity contribution in [2.24, 2.45) is 0 Å². The zero-order chi connectivity index (χ0) is 19.7. The Bertz CT molecular complexity index is 1070. The van der Waals surface area contributed by atoms with Crippen LogP contribution in [0.25, 0.3) is 11.5 Å². The molecule has 2 N–H and O–H groups in total. The van der Waals surface area contributed by atoms with Gasteiger partial charge in [0.15, 0.2) is 23.1 Å². The molecule has 0 unspecified atom stereocenters. The normalized spacial score (nSPS) is 13.9. The van der Waals surface area contributed by atoms with Crippen LogP contribution in [-0.2, 0) is 19.5 Å². The molecule has 4 rings (SSSR count). The van der Waals surface area contributed by atoms with Crippen LogP contribution in [0.4, 0.5) is 4.39 Å². The highest BCUT2D eigenvalue weighted by molar-refractivity contribution is 5.49. The fourth-order valence-electron chi connectivity index (χ4n) is 3.39. The number of nitrogens with one attached hydrogen (secondary N) is 1. The molecule has 0 atom stereocenters. The summed E-state index contributed by atoms with van der Waals surface area (Å²) < 4.78 is 18.9. The van der Waals surface area contributed by atoms with E-state index < -0.39 is 11.6 Å². The highest BCUT2D eigenvalue weighted by Crippen LogP contribution is 2.31. The maximum atomic E-state index is 13.9. The maximum Gasteiger partial charge on any atom is 0.254 e. The smallest absolute Gasteiger partial charge is 0.254 e. The molecule has 0 bridgehead atoms. The van der Waals surface area contributed by atoms with E-state index in [4.69, 9.17) is 4.74 Å². The second-order valence-electron chi connectivity index (χ2n) is 6.64. The number of benzene rings is 1. The van der Waals surface area contributed by atoms with Gasteiger partial charge in [-0.15, -0.1) is 0 Å². The molecular formula is C20H19FN4O3. The Kier molecular flexibility index (Phi) is 4.79. The highest BCUT2D eigenvalue weighted by atomic mass is 19.1. The first-order valence-corrected chi connectivity index (χ1v) is 8.86. The molecule has 1 aliphatic heterocycles. The summed E-state index contributed by atoms with van der Waals surface area (Å²) in [6, 6.07) is 8.32. The van der Waals surface area contributed by atoms with Crippen molar-refractivity contribution in [1.82, 2.24) is 19.9 Å². The van der Waals surface area contributed by atoms with Crippen molar-refractivity contribution in [2.75, 3.05) is 13.7 Å². The van der Waals surface area contributed by atoms with Gasteiger partial charge in [-0.05, 0) is 36.2 Å². The van der Waals surface area contributed by atoms with Crippen LogP contribution >= 0.6 is 0 Å². The summed E-state index contributed by atoms with van der Waals surface area (Å²) in [6.07, 6.45) is 2.20. The summed E-state index contributed by atoms with van der Waals surface area (Å²) >= 11 is 0. The first kappa shape index (κ1) is 18.1. The van der Waals surface area contributed by atoms with Crippen molar-refractivity contribution in [3.05, 3.63) is 69.5 Å². The van der Waals surface area contributed by atoms with E-state index in [-0.39, 0.29) is 11.3 Å². The SMILES string of the molecule is COc1cc(CN2CCc3c(nc(-c4ccccn4)[nH]c3=O)C2)cc(F)c1O. The second-order valence-corrected chi connectivity index (χ2v) is 6.64. The number of hydrogen-bond donors (Lipinski definition) is 2. The van der Waals surface area contributed by atoms with Gasteiger partial charge in [-0.2, -0.15) is 0 Å². The number of methoxy groups -OCH3 is 1. The number of pyridine rings is 1. The average Bonchev–Trinajstić information content (AvgIpc) is 2.71. The lowest BCUT2D eigenvalue weighted by Gasteiger charge is -2.27. The molecule has 0 spiro atoms. The molecule has 8 heteroatoms. The first-order valence-electron chi connectivity index (χ1n) is 8.86. The molecule has 1 aromatic carbocycles. The minimum absolute atomic E-state index is 0.0967. The lowest BCUT2D eigenvalue weighted by molar-refractivity contribution is 0.239. The van der Waals surface area contributed by atoms with Crippen LogP contribution < -0.4 is 10.3 Å². The van der Waals surface area contributed by atoms with E-state index in [2.05, 4.69) is 19.9 Å². The van der Waals surface area contributed by atoms with Crippen LogP contribution in [0.1, 0.15) is 16.8 Å². The van der Waals surface area contributed by atoms with Crippen LogP contribution in [0.2, 0.25) is 0 Å². The van der Waals surface area contributed by atoms with Gasteiger partial charge in [-0.1, -0.05) is 6.07 Å². The van der Waals surface area contributed by atoms with Gasteiger partial charge < -0.3 is 14.8 Å². The molecule has 1 aliphatic rings. The number of aromatic amines is 1. The van der Waals surface area contributed by atoms with Gasteiger partial charge in [-0.3, -0.25) is 14.7 Å². The molecule has 0 saturated carbocycles. The third-order valence-electron chi connectivity index (χ3n) is 4.77. The first-order chi connectivity index (χ1) is 13.5. The monoisotopic (exact) mass is 382 g/mol. The summed E-state index contributed by atoms with van der Waals surface area (Å²) in [7, 11) is 1.38. The largest absolute Gasteiger partial charge is 0.502 e. The molecule has 3 aromatic rings. The van der Waals surface area contributed by atoms with Gasteiger partial charge in [0.25, 0.3) is 5.56 Å². The quantitative estimate of drug-likeness (QED) is 0.719. The van der Waals surface area contributed by atoms with Gasteiger partial charge in [0, 0.05) is 31.4 Å². The number of aromatic hydroxyl groups is 1. The zero-order valence-electron chi connectivity index (χ0n) is 15.3. The Hall–Kier alpha value is -3.26. The van der Waals surface area contributed by atoms with Gasteiger partial charge >= 0.3 is 0 Å². The molecule has 0 saturated heterocycles. The molecule has 0 amide bonds. The average molecular weight is 382 g/mol. The Morgan fingerprint density at radius 2 is 2.21 bits per heavy atom. The van der Waals surface area contributed by atoms with Crippen LogP contribution in [0.5, 0.6) is 11.5 Å². The second kappa shape index (κ2) is 7.40. The van der Waals surface area contributed by atoms with Crippen LogP contribution in [0, 0.1) is 5.82 Å². The van der Waals surface area contributed by atoms with E-state index in [0.29, 0.717) is 54.4 Å². The van der Waals surface area contributed by atoms with Gasteiger partial charge in [-0.25, -0.2) is 9.37 Å². The topological polar surface area (TPSA) is 91.3 Å². The van der Waals surface area contributed by atoms with Crippen LogP contribution in [-0.4, -0.2) is 38.6 Å². The van der Waals surface area contributed by atoms with Crippen molar-refractivity contribution in [3.8, 4) is 23.0 Å². The van der Waals surface area contributed by atoms with E-state index in [1.807, 2.05) is 6.07 Å². The standard InChI is InChI=1S/C20H19FN4O3/c1-28-17-9-12(8-14(21)18(17)26)10-25-7-5-13-16(11-25)23-19(24-20(13)27)15-4-2-3-6-22-15/h2-4,6,8-9,26H,5,7,10-11H2,1H3,(H,23,24,27). The number of nitrogens with zero attached hydrogens (tertiary/aromatic N) is 3. The molecular weight excluding hydrogens is 363 g/mol. The third kappa shape index (κ3) is 3.46. The molecule has 0 radical (unpaired) electrons. The van der Waals surface area contributed by atoms with Crippen molar-refractivity contribution < 1.29 is 14.2 Å². The maximum absolute atomic E-state index is 13.9. The van der Waals surface area contributed by atoms with E-state index in [9.17, 15) is 14.3 Å². The minimum atomic E-state index is -0.723. The van der Waals surface area contributed by atoms with E-state index in [1.54, 1.807) is 24.4 Å². The number of phenolic OH excluding ortho intramolecular Hbond substituents is 1. The Morgan fingerprint density at radius 3 is 2.96 bits per heavy atom. The van der Waals surface area contributed by atoms with Gasteiger partial charge in [0.2, 0.25) is 0 Å². The van der Waals surface area contributed by atoms with Gasteiger partial charge in [0.05, 0.1) is 12.8 Å². The van der Waals surface area contributed by atoms with Crippen LogP contribution in [0.3, 0.4) is 0 Å². The summed E-state index contributed by atoms with van der Waals surface area (Å²) in [6.45, 7) is 1.55. The van der Waals surface area contributed by atoms with Gasteiger partial charge in [0.1, 0.15) is 5.69 Å². The number of fused-ring (bicyclic) bond motifs is 1. The predicted octanol–water partition coefficient (Wildman–Crippen LogP) is 2.24. The summed E-state index contributed by atoms with van der Waals surface area (Å²) in [5.74, 6) is -0.690. The Labute approximate surface area is 160 Å². The van der Waals surface area contributed by atoms with E-state index in [0.717, 1.165) is 0 Å². The summed E-state index contributed by atoms with van der Waals surface area (Å²) in [5.41, 5.74) is 2.49. The molecule has 2 aromatic heterocycles. The highest BCUT2D eigenvalue weighted by Gasteiger charge is 2.22. The molecule has 3 heterocycles. The van der Waals surface area contributed by atoms with Crippen LogP contribution in [0.15, 0.2) is 41.3 Å². The molecule has 7 nitrogen and oxygen atoms in total. The molecule has 0 aliphatic carbocycles. The van der Waals surface area contributed by atoms with Crippen molar-refractivity contribution in [3.63, 3.8) is 0 Å². The third-order valence-corrected chi connectivity index (χ3v) is 4.77. The van der Waals surface area contributed by atoms with Crippen molar-refractivity contribution >= 4 is 0 Å². The Balaban J connectivity index is 1.60. The molecule has 0 fully saturated rings. The fourth-order valence-corrected chi connectivity index (χ4v) is 3.39. The number of H-pyrrole nitrogens is 1. The molecule has 28 heavy (non-hydrogen) atoms. The van der Waals surface area contributed by atoms with E-state index >= 15 is 0 Å². The predicted molar refractivity (Wildman–Crippen MR) is 101 cm³/mol. The fraction of sp³-hybridized carbons (Fsp3) is 0.250. The minimum Gasteiger partial charge on any atom is -0.502 e. The lowest BCUT2D eigenvalue weighted by atomic mass is 10.0. The molecule has 144 valence electrons. The number of rotatable bonds is 4. The summed E-state index contributed by atoms with van der Waals surface area (Å²) in [5, 5.41) is 9.66. The number of halogens is 1. The number of phenols is 1. The van der Waals surface area contributed by atoms with Crippen molar-refractivity contribution in [2.45, 2.75) is 19.5 Å². The number of ether oxygens (including phenoxy) is 1. The number of aromatic nitrogens is 3. The van der Waals surface area contributed by atoms with Crippen molar-refractivity contribution in [1.29, 1.82) is 0 Å². The summed E-state index contributed by atoms with van der Waals surface area (Å²) in [4.78, 5) is 26.2.